The van der Waals surface area contributed by atoms with E-state index in [9.17, 15) is 17.6 Å². The van der Waals surface area contributed by atoms with Crippen LogP contribution in [0, 0.1) is 23.3 Å². The van der Waals surface area contributed by atoms with Crippen molar-refractivity contribution in [2.45, 2.75) is 6.54 Å². The van der Waals surface area contributed by atoms with Crippen molar-refractivity contribution in [3.05, 3.63) is 33.9 Å². The summed E-state index contributed by atoms with van der Waals surface area (Å²) < 4.78 is 50.8. The molecule has 0 aromatic heterocycles. The van der Waals surface area contributed by atoms with Gasteiger partial charge in [0, 0.05) is 12.1 Å². The monoisotopic (exact) mass is 213 g/mol. The lowest BCUT2D eigenvalue weighted by atomic mass is 10.2. The highest BCUT2D eigenvalue weighted by Crippen LogP contribution is 2.27. The van der Waals surface area contributed by atoms with E-state index in [1.54, 1.807) is 0 Å². The van der Waals surface area contributed by atoms with E-state index in [0.29, 0.717) is 0 Å². The van der Waals surface area contributed by atoms with Gasteiger partial charge in [0.05, 0.1) is 0 Å². The molecule has 1 aromatic rings. The minimum absolute atomic E-state index is 0.636. The Kier molecular flexibility index (Phi) is 2.77. The van der Waals surface area contributed by atoms with Crippen molar-refractivity contribution in [1.82, 2.24) is 0 Å². The summed E-state index contributed by atoms with van der Waals surface area (Å²) in [6, 6.07) is 0. The fourth-order valence-corrected chi connectivity index (χ4v) is 0.995. The molecule has 0 unspecified atom stereocenters. The highest BCUT2D eigenvalue weighted by molar-refractivity contribution is 6.30. The number of hydrogen-bond donors (Lipinski definition) is 1. The van der Waals surface area contributed by atoms with Crippen LogP contribution >= 0.6 is 11.6 Å². The summed E-state index contributed by atoms with van der Waals surface area (Å²) in [6.45, 7) is -0.636. The molecule has 1 nitrogen and oxygen atoms in total. The van der Waals surface area contributed by atoms with E-state index >= 15 is 0 Å². The fraction of sp³-hybridized carbons (Fsp3) is 0.143. The maximum atomic E-state index is 12.8. The van der Waals surface area contributed by atoms with Crippen molar-refractivity contribution in [2.24, 2.45) is 5.73 Å². The largest absolute Gasteiger partial charge is 0.326 e. The second-order valence-electron chi connectivity index (χ2n) is 2.25. The first-order valence-corrected chi connectivity index (χ1v) is 3.58. The number of hydrogen-bond acceptors (Lipinski definition) is 1. The molecule has 0 aliphatic rings. The zero-order chi connectivity index (χ0) is 10.2. The van der Waals surface area contributed by atoms with Crippen LogP contribution < -0.4 is 5.73 Å². The van der Waals surface area contributed by atoms with E-state index in [0.717, 1.165) is 0 Å². The van der Waals surface area contributed by atoms with E-state index < -0.39 is 40.4 Å². The van der Waals surface area contributed by atoms with Crippen LogP contribution in [0.4, 0.5) is 17.6 Å². The Bertz CT molecular complexity index is 324. The third kappa shape index (κ3) is 1.49. The van der Waals surface area contributed by atoms with E-state index in [1.165, 1.54) is 0 Å². The third-order valence-corrected chi connectivity index (χ3v) is 1.84. The molecular weight excluding hydrogens is 210 g/mol. The van der Waals surface area contributed by atoms with Gasteiger partial charge in [-0.3, -0.25) is 0 Å². The highest BCUT2D eigenvalue weighted by atomic mass is 35.5. The molecule has 0 radical (unpaired) electrons. The maximum Gasteiger partial charge on any atom is 0.180 e. The van der Waals surface area contributed by atoms with Crippen LogP contribution in [0.2, 0.25) is 5.02 Å². The van der Waals surface area contributed by atoms with Crippen molar-refractivity contribution in [3.63, 3.8) is 0 Å². The average Bonchev–Trinajstić information content (AvgIpc) is 2.13. The summed E-state index contributed by atoms with van der Waals surface area (Å²) in [5.41, 5.74) is 4.04. The Hall–Kier alpha value is -0.810. The summed E-state index contributed by atoms with van der Waals surface area (Å²) >= 11 is 4.95. The Morgan fingerprint density at radius 1 is 0.923 bits per heavy atom. The van der Waals surface area contributed by atoms with Gasteiger partial charge in [-0.05, 0) is 0 Å². The van der Waals surface area contributed by atoms with Gasteiger partial charge >= 0.3 is 0 Å². The lowest BCUT2D eigenvalue weighted by molar-refractivity contribution is 0.440. The summed E-state index contributed by atoms with van der Waals surface area (Å²) in [4.78, 5) is 0. The van der Waals surface area contributed by atoms with E-state index in [2.05, 4.69) is 0 Å². The normalized spacial score (nSPS) is 10.6. The minimum Gasteiger partial charge on any atom is -0.326 e. The van der Waals surface area contributed by atoms with Crippen LogP contribution in [-0.2, 0) is 6.54 Å². The summed E-state index contributed by atoms with van der Waals surface area (Å²) in [5, 5.41) is -1.20. The highest BCUT2D eigenvalue weighted by Gasteiger charge is 2.22. The van der Waals surface area contributed by atoms with Crippen LogP contribution in [0.1, 0.15) is 5.56 Å². The van der Waals surface area contributed by atoms with Crippen LogP contribution in [0.25, 0.3) is 0 Å². The van der Waals surface area contributed by atoms with Crippen molar-refractivity contribution < 1.29 is 17.6 Å². The van der Waals surface area contributed by atoms with E-state index in [-0.39, 0.29) is 0 Å². The molecule has 0 aliphatic heterocycles. The smallest absolute Gasteiger partial charge is 0.180 e. The molecule has 1 aromatic carbocycles. The van der Waals surface area contributed by atoms with Gasteiger partial charge in [-0.15, -0.1) is 0 Å². The first-order chi connectivity index (χ1) is 6.00. The Labute approximate surface area is 76.1 Å². The van der Waals surface area contributed by atoms with Gasteiger partial charge in [-0.2, -0.15) is 0 Å². The standard InChI is InChI=1S/C7H4ClF4N/c8-3-6(11)4(9)2(1-13)5(10)7(3)12/h1,13H2. The van der Waals surface area contributed by atoms with Crippen LogP contribution in [0.3, 0.4) is 0 Å². The predicted octanol–water partition coefficient (Wildman–Crippen LogP) is 2.36. The number of rotatable bonds is 1. The topological polar surface area (TPSA) is 26.0 Å². The van der Waals surface area contributed by atoms with Crippen molar-refractivity contribution >= 4 is 11.6 Å². The lowest BCUT2D eigenvalue weighted by Gasteiger charge is -2.05. The van der Waals surface area contributed by atoms with E-state index in [4.69, 9.17) is 17.3 Å². The van der Waals surface area contributed by atoms with E-state index in [1.807, 2.05) is 0 Å². The molecule has 13 heavy (non-hydrogen) atoms. The molecule has 1 rings (SSSR count). The van der Waals surface area contributed by atoms with Gasteiger partial charge < -0.3 is 5.73 Å². The van der Waals surface area contributed by atoms with Crippen LogP contribution in [-0.4, -0.2) is 0 Å². The molecule has 2 N–H and O–H groups in total. The number of halogens is 5. The van der Waals surface area contributed by atoms with Crippen molar-refractivity contribution in [2.75, 3.05) is 0 Å². The molecule has 0 heterocycles. The van der Waals surface area contributed by atoms with Crippen LogP contribution in [0.15, 0.2) is 0 Å². The Balaban J connectivity index is 3.56. The SMILES string of the molecule is NCc1c(F)c(F)c(Cl)c(F)c1F. The molecule has 0 aliphatic carbocycles. The molecule has 0 fully saturated rings. The minimum atomic E-state index is -1.62. The summed E-state index contributed by atoms with van der Waals surface area (Å²) in [7, 11) is 0. The van der Waals surface area contributed by atoms with Crippen LogP contribution in [0.5, 0.6) is 0 Å². The van der Waals surface area contributed by atoms with Crippen molar-refractivity contribution in [1.29, 1.82) is 0 Å². The Morgan fingerprint density at radius 2 is 1.31 bits per heavy atom. The fourth-order valence-electron chi connectivity index (χ4n) is 0.830. The molecule has 6 heteroatoms. The molecule has 0 amide bonds. The molecule has 0 spiro atoms. The van der Waals surface area contributed by atoms with Gasteiger partial charge in [-0.25, -0.2) is 17.6 Å². The quantitative estimate of drug-likeness (QED) is 0.433. The number of benzene rings is 1. The van der Waals surface area contributed by atoms with Crippen molar-refractivity contribution in [3.8, 4) is 0 Å². The lowest BCUT2D eigenvalue weighted by Crippen LogP contribution is -2.08. The number of nitrogens with two attached hydrogens (primary N) is 1. The molecule has 0 bridgehead atoms. The molecule has 0 saturated heterocycles. The molecule has 0 saturated carbocycles. The second kappa shape index (κ2) is 3.51. The molecule has 72 valence electrons. The Morgan fingerprint density at radius 3 is 1.62 bits per heavy atom. The first-order valence-electron chi connectivity index (χ1n) is 3.21. The van der Waals surface area contributed by atoms with Gasteiger partial charge in [0.2, 0.25) is 0 Å². The van der Waals surface area contributed by atoms with Gasteiger partial charge in [-0.1, -0.05) is 11.6 Å². The first kappa shape index (κ1) is 10.3. The third-order valence-electron chi connectivity index (χ3n) is 1.50. The maximum absolute atomic E-state index is 12.8. The molecule has 0 atom stereocenters. The van der Waals surface area contributed by atoms with Gasteiger partial charge in [0.1, 0.15) is 5.02 Å². The zero-order valence-corrected chi connectivity index (χ0v) is 6.93. The molecular formula is C7H4ClF4N. The van der Waals surface area contributed by atoms with Gasteiger partial charge in [0.25, 0.3) is 0 Å². The summed E-state index contributed by atoms with van der Waals surface area (Å²) in [5.74, 6) is -6.35. The van der Waals surface area contributed by atoms with Gasteiger partial charge in [0.15, 0.2) is 23.3 Å². The zero-order valence-electron chi connectivity index (χ0n) is 6.17. The predicted molar refractivity (Wildman–Crippen MR) is 39.2 cm³/mol. The average molecular weight is 214 g/mol. The second-order valence-corrected chi connectivity index (χ2v) is 2.63. The summed E-state index contributed by atoms with van der Waals surface area (Å²) in [6.07, 6.45) is 0.